The first kappa shape index (κ1) is 23.9. The quantitative estimate of drug-likeness (QED) is 0.606. The third kappa shape index (κ3) is 6.55. The lowest BCUT2D eigenvalue weighted by Gasteiger charge is -2.29. The third-order valence-electron chi connectivity index (χ3n) is 4.64. The van der Waals surface area contributed by atoms with Crippen LogP contribution in [-0.2, 0) is 16.1 Å². The van der Waals surface area contributed by atoms with E-state index in [1.807, 2.05) is 39.8 Å². The first-order chi connectivity index (χ1) is 14.1. The van der Waals surface area contributed by atoms with Crippen molar-refractivity contribution in [1.82, 2.24) is 10.2 Å². The van der Waals surface area contributed by atoms with Crippen LogP contribution < -0.4 is 10.1 Å². The molecule has 2 rings (SSSR count). The highest BCUT2D eigenvalue weighted by molar-refractivity contribution is 9.10. The molecule has 162 valence electrons. The van der Waals surface area contributed by atoms with Gasteiger partial charge in [0.1, 0.15) is 17.6 Å². The molecule has 0 unspecified atom stereocenters. The average Bonchev–Trinajstić information content (AvgIpc) is 2.68. The smallest absolute Gasteiger partial charge is 0.261 e. The Balaban J connectivity index is 2.18. The highest BCUT2D eigenvalue weighted by atomic mass is 79.9. The van der Waals surface area contributed by atoms with Crippen molar-refractivity contribution >= 4 is 27.7 Å². The van der Waals surface area contributed by atoms with E-state index in [0.29, 0.717) is 5.75 Å². The highest BCUT2D eigenvalue weighted by Crippen LogP contribution is 2.26. The molecule has 7 heteroatoms. The average molecular weight is 479 g/mol. The second kappa shape index (κ2) is 10.6. The van der Waals surface area contributed by atoms with E-state index in [1.54, 1.807) is 19.1 Å². The predicted molar refractivity (Wildman–Crippen MR) is 119 cm³/mol. The summed E-state index contributed by atoms with van der Waals surface area (Å²) in [7, 11) is 0. The monoisotopic (exact) mass is 478 g/mol. The maximum Gasteiger partial charge on any atom is 0.261 e. The molecule has 0 saturated heterocycles. The van der Waals surface area contributed by atoms with Crippen LogP contribution in [-0.4, -0.2) is 35.4 Å². The first-order valence-electron chi connectivity index (χ1n) is 9.82. The predicted octanol–water partition coefficient (Wildman–Crippen LogP) is 4.53. The molecule has 0 spiro atoms. The van der Waals surface area contributed by atoms with E-state index in [2.05, 4.69) is 21.2 Å². The summed E-state index contributed by atoms with van der Waals surface area (Å²) in [5.41, 5.74) is 2.74. The number of hydrogen-bond acceptors (Lipinski definition) is 3. The molecular formula is C23H28BrFN2O3. The van der Waals surface area contributed by atoms with E-state index in [0.717, 1.165) is 21.2 Å². The third-order valence-corrected chi connectivity index (χ3v) is 5.89. The summed E-state index contributed by atoms with van der Waals surface area (Å²) in [4.78, 5) is 27.0. The zero-order chi connectivity index (χ0) is 22.4. The maximum atomic E-state index is 13.2. The number of amides is 2. The van der Waals surface area contributed by atoms with Gasteiger partial charge in [0.05, 0.1) is 0 Å². The molecule has 0 aliphatic heterocycles. The molecule has 5 nitrogen and oxygen atoms in total. The van der Waals surface area contributed by atoms with Crippen molar-refractivity contribution in [1.29, 1.82) is 0 Å². The van der Waals surface area contributed by atoms with Crippen LogP contribution in [0.25, 0.3) is 0 Å². The number of nitrogens with zero attached hydrogens (tertiary/aromatic N) is 1. The minimum atomic E-state index is -0.707. The fraction of sp³-hybridized carbons (Fsp3) is 0.391. The van der Waals surface area contributed by atoms with Crippen LogP contribution in [0.4, 0.5) is 4.39 Å². The zero-order valence-corrected chi connectivity index (χ0v) is 19.5. The van der Waals surface area contributed by atoms with E-state index in [-0.39, 0.29) is 36.8 Å². The zero-order valence-electron chi connectivity index (χ0n) is 18.0. The molecule has 0 bridgehead atoms. The molecule has 0 aromatic heterocycles. The summed E-state index contributed by atoms with van der Waals surface area (Å²) in [6.07, 6.45) is 0. The minimum absolute atomic E-state index is 0.0484. The van der Waals surface area contributed by atoms with Crippen molar-refractivity contribution < 1.29 is 18.7 Å². The molecule has 0 saturated carbocycles. The van der Waals surface area contributed by atoms with Gasteiger partial charge < -0.3 is 15.0 Å². The summed E-state index contributed by atoms with van der Waals surface area (Å²) < 4.78 is 20.0. The van der Waals surface area contributed by atoms with Crippen molar-refractivity contribution in [3.05, 3.63) is 63.4 Å². The second-order valence-electron chi connectivity index (χ2n) is 7.65. The Hall–Kier alpha value is -2.41. The molecule has 1 atom stereocenters. The summed E-state index contributed by atoms with van der Waals surface area (Å²) in [5, 5.41) is 2.83. The Labute approximate surface area is 185 Å². The van der Waals surface area contributed by atoms with Gasteiger partial charge in [-0.1, -0.05) is 28.1 Å². The second-order valence-corrected chi connectivity index (χ2v) is 8.44. The Morgan fingerprint density at radius 2 is 1.67 bits per heavy atom. The van der Waals surface area contributed by atoms with Gasteiger partial charge in [0, 0.05) is 17.1 Å². The fourth-order valence-corrected chi connectivity index (χ4v) is 3.22. The standard InChI is InChI=1S/C23H28BrFN2O3/c1-14(2)26-23(29)17(5)27(12-18-6-8-19(25)9-7-18)21(28)13-30-20-10-15(3)22(24)16(4)11-20/h6-11,14,17H,12-13H2,1-5H3,(H,26,29)/t17-/m0/s1. The number of halogens is 2. The van der Waals surface area contributed by atoms with Crippen LogP contribution in [0.15, 0.2) is 40.9 Å². The lowest BCUT2D eigenvalue weighted by Crippen LogP contribution is -2.50. The Kier molecular flexibility index (Phi) is 8.41. The molecule has 0 heterocycles. The maximum absolute atomic E-state index is 13.2. The van der Waals surface area contributed by atoms with Gasteiger partial charge in [-0.25, -0.2) is 4.39 Å². The van der Waals surface area contributed by atoms with Gasteiger partial charge in [0.2, 0.25) is 5.91 Å². The number of ether oxygens (including phenoxy) is 1. The number of carbonyl (C=O) groups excluding carboxylic acids is 2. The van der Waals surface area contributed by atoms with Crippen LogP contribution in [0.5, 0.6) is 5.75 Å². The molecule has 0 aliphatic rings. The van der Waals surface area contributed by atoms with Crippen molar-refractivity contribution in [2.45, 2.75) is 53.2 Å². The highest BCUT2D eigenvalue weighted by Gasteiger charge is 2.27. The van der Waals surface area contributed by atoms with Crippen LogP contribution in [0.3, 0.4) is 0 Å². The SMILES string of the molecule is Cc1cc(OCC(=O)N(Cc2ccc(F)cc2)[C@@H](C)C(=O)NC(C)C)cc(C)c1Br. The molecule has 2 amide bonds. The Morgan fingerprint density at radius 3 is 2.20 bits per heavy atom. The summed E-state index contributed by atoms with van der Waals surface area (Å²) in [5.74, 6) is -0.353. The van der Waals surface area contributed by atoms with Crippen molar-refractivity contribution in [3.8, 4) is 5.75 Å². The molecule has 1 N–H and O–H groups in total. The van der Waals surface area contributed by atoms with Crippen LogP contribution in [0.2, 0.25) is 0 Å². The number of benzene rings is 2. The van der Waals surface area contributed by atoms with Gasteiger partial charge >= 0.3 is 0 Å². The molecule has 0 radical (unpaired) electrons. The number of carbonyl (C=O) groups is 2. The number of nitrogens with one attached hydrogen (secondary N) is 1. The summed E-state index contributed by atoms with van der Waals surface area (Å²) in [6.45, 7) is 9.26. The van der Waals surface area contributed by atoms with E-state index >= 15 is 0 Å². The largest absolute Gasteiger partial charge is 0.484 e. The van der Waals surface area contributed by atoms with Crippen LogP contribution >= 0.6 is 15.9 Å². The van der Waals surface area contributed by atoms with Crippen molar-refractivity contribution in [2.75, 3.05) is 6.61 Å². The summed E-state index contributed by atoms with van der Waals surface area (Å²) in [6, 6.07) is 8.82. The summed E-state index contributed by atoms with van der Waals surface area (Å²) >= 11 is 3.51. The molecule has 30 heavy (non-hydrogen) atoms. The first-order valence-corrected chi connectivity index (χ1v) is 10.6. The Morgan fingerprint density at radius 1 is 1.10 bits per heavy atom. The van der Waals surface area contributed by atoms with Gasteiger partial charge in [-0.3, -0.25) is 9.59 Å². The van der Waals surface area contributed by atoms with Crippen molar-refractivity contribution in [2.24, 2.45) is 0 Å². The van der Waals surface area contributed by atoms with Gasteiger partial charge in [-0.15, -0.1) is 0 Å². The molecule has 0 fully saturated rings. The lowest BCUT2D eigenvalue weighted by atomic mass is 10.1. The molecule has 2 aromatic rings. The molecule has 0 aliphatic carbocycles. The van der Waals surface area contributed by atoms with Gasteiger partial charge in [0.15, 0.2) is 6.61 Å². The normalized spacial score (nSPS) is 11.9. The molecule has 2 aromatic carbocycles. The van der Waals surface area contributed by atoms with Crippen LogP contribution in [0.1, 0.15) is 37.5 Å². The number of aryl methyl sites for hydroxylation is 2. The van der Waals surface area contributed by atoms with Gasteiger partial charge in [-0.05, 0) is 75.6 Å². The Bertz CT molecular complexity index is 877. The van der Waals surface area contributed by atoms with E-state index in [4.69, 9.17) is 4.74 Å². The van der Waals surface area contributed by atoms with E-state index in [9.17, 15) is 14.0 Å². The fourth-order valence-electron chi connectivity index (χ4n) is 2.99. The minimum Gasteiger partial charge on any atom is -0.484 e. The topological polar surface area (TPSA) is 58.6 Å². The number of hydrogen-bond donors (Lipinski definition) is 1. The van der Waals surface area contributed by atoms with E-state index in [1.165, 1.54) is 17.0 Å². The van der Waals surface area contributed by atoms with E-state index < -0.39 is 6.04 Å². The molecular weight excluding hydrogens is 451 g/mol. The van der Waals surface area contributed by atoms with Crippen molar-refractivity contribution in [3.63, 3.8) is 0 Å². The number of rotatable bonds is 8. The van der Waals surface area contributed by atoms with Gasteiger partial charge in [0.25, 0.3) is 5.91 Å². The van der Waals surface area contributed by atoms with Crippen LogP contribution in [0, 0.1) is 19.7 Å². The van der Waals surface area contributed by atoms with Gasteiger partial charge in [-0.2, -0.15) is 0 Å². The lowest BCUT2D eigenvalue weighted by molar-refractivity contribution is -0.142.